The van der Waals surface area contributed by atoms with E-state index in [2.05, 4.69) is 23.4 Å². The Morgan fingerprint density at radius 3 is 2.78 bits per heavy atom. The molecule has 2 rings (SSSR count). The smallest absolute Gasteiger partial charge is 0.0334 e. The second kappa shape index (κ2) is 7.16. The van der Waals surface area contributed by atoms with E-state index in [9.17, 15) is 0 Å². The minimum Gasteiger partial charge on any atom is -0.311 e. The number of hydrogen-bond donors (Lipinski definition) is 1. The molecular formula is C15H30N2S. The molecule has 2 nitrogen and oxygen atoms in total. The lowest BCUT2D eigenvalue weighted by Gasteiger charge is -2.48. The molecule has 0 aromatic heterocycles. The van der Waals surface area contributed by atoms with Crippen LogP contribution >= 0.6 is 11.8 Å². The van der Waals surface area contributed by atoms with Crippen molar-refractivity contribution in [1.29, 1.82) is 0 Å². The third-order valence-electron chi connectivity index (χ3n) is 4.78. The molecule has 1 saturated carbocycles. The largest absolute Gasteiger partial charge is 0.311 e. The van der Waals surface area contributed by atoms with Crippen LogP contribution < -0.4 is 5.32 Å². The van der Waals surface area contributed by atoms with Crippen molar-refractivity contribution in [2.24, 2.45) is 0 Å². The van der Waals surface area contributed by atoms with Crippen LogP contribution in [0, 0.1) is 0 Å². The second-order valence-electron chi connectivity index (χ2n) is 6.09. The third kappa shape index (κ3) is 3.43. The average molecular weight is 270 g/mol. The molecule has 1 saturated heterocycles. The summed E-state index contributed by atoms with van der Waals surface area (Å²) in [5.41, 5.74) is 0.530. The predicted octanol–water partition coefficient (Wildman–Crippen LogP) is 3.13. The molecule has 0 bridgehead atoms. The normalized spacial score (nSPS) is 28.0. The summed E-state index contributed by atoms with van der Waals surface area (Å²) in [7, 11) is 0. The maximum atomic E-state index is 3.83. The van der Waals surface area contributed by atoms with Crippen molar-refractivity contribution in [3.05, 3.63) is 0 Å². The van der Waals surface area contributed by atoms with Gasteiger partial charge in [-0.1, -0.05) is 26.2 Å². The van der Waals surface area contributed by atoms with E-state index in [-0.39, 0.29) is 0 Å². The van der Waals surface area contributed by atoms with Crippen molar-refractivity contribution in [3.8, 4) is 0 Å². The van der Waals surface area contributed by atoms with Crippen LogP contribution in [0.25, 0.3) is 0 Å². The van der Waals surface area contributed by atoms with E-state index in [1.807, 2.05) is 11.8 Å². The minimum absolute atomic E-state index is 0.530. The highest BCUT2D eigenvalue weighted by Gasteiger charge is 2.42. The zero-order valence-corrected chi connectivity index (χ0v) is 13.0. The van der Waals surface area contributed by atoms with Crippen LogP contribution in [0.2, 0.25) is 0 Å². The highest BCUT2D eigenvalue weighted by atomic mass is 32.2. The fourth-order valence-corrected chi connectivity index (χ4v) is 4.18. The number of nitrogens with zero attached hydrogens (tertiary/aromatic N) is 1. The van der Waals surface area contributed by atoms with Gasteiger partial charge < -0.3 is 5.32 Å². The van der Waals surface area contributed by atoms with Crippen molar-refractivity contribution in [3.63, 3.8) is 0 Å². The van der Waals surface area contributed by atoms with E-state index in [1.165, 1.54) is 70.3 Å². The van der Waals surface area contributed by atoms with Gasteiger partial charge in [-0.15, -0.1) is 0 Å². The number of rotatable bonds is 6. The van der Waals surface area contributed by atoms with Crippen molar-refractivity contribution < 1.29 is 0 Å². The Balaban J connectivity index is 1.92. The van der Waals surface area contributed by atoms with Crippen LogP contribution in [0.15, 0.2) is 0 Å². The Labute approximate surface area is 117 Å². The van der Waals surface area contributed by atoms with Crippen molar-refractivity contribution >= 4 is 11.8 Å². The molecule has 18 heavy (non-hydrogen) atoms. The zero-order valence-electron chi connectivity index (χ0n) is 12.2. The van der Waals surface area contributed by atoms with Gasteiger partial charge in [-0.2, -0.15) is 11.8 Å². The summed E-state index contributed by atoms with van der Waals surface area (Å²) < 4.78 is 0. The van der Waals surface area contributed by atoms with E-state index < -0.39 is 0 Å². The van der Waals surface area contributed by atoms with Gasteiger partial charge in [0.2, 0.25) is 0 Å². The van der Waals surface area contributed by atoms with Crippen molar-refractivity contribution in [1.82, 2.24) is 10.2 Å². The molecule has 2 fully saturated rings. The Hall–Kier alpha value is 0.270. The van der Waals surface area contributed by atoms with Crippen molar-refractivity contribution in [2.45, 2.75) is 63.5 Å². The van der Waals surface area contributed by atoms with Crippen LogP contribution in [-0.2, 0) is 0 Å². The molecular weight excluding hydrogens is 240 g/mol. The molecule has 3 heteroatoms. The van der Waals surface area contributed by atoms with Crippen LogP contribution in [0.1, 0.15) is 51.9 Å². The molecule has 1 heterocycles. The van der Waals surface area contributed by atoms with Gasteiger partial charge in [0.1, 0.15) is 0 Å². The first-order valence-corrected chi connectivity index (χ1v) is 9.17. The van der Waals surface area contributed by atoms with Gasteiger partial charge in [0.25, 0.3) is 0 Å². The highest BCUT2D eigenvalue weighted by Crippen LogP contribution is 2.37. The fraction of sp³-hybridized carbons (Fsp3) is 1.00. The number of nitrogens with one attached hydrogen (secondary N) is 1. The van der Waals surface area contributed by atoms with Crippen LogP contribution in [-0.4, -0.2) is 48.1 Å². The van der Waals surface area contributed by atoms with E-state index in [0.29, 0.717) is 5.54 Å². The lowest BCUT2D eigenvalue weighted by molar-refractivity contribution is 0.0414. The van der Waals surface area contributed by atoms with E-state index in [1.54, 1.807) is 0 Å². The Morgan fingerprint density at radius 1 is 1.33 bits per heavy atom. The van der Waals surface area contributed by atoms with E-state index in [4.69, 9.17) is 0 Å². The fourth-order valence-electron chi connectivity index (χ4n) is 3.77. The quantitative estimate of drug-likeness (QED) is 0.747. The molecule has 0 aromatic carbocycles. The van der Waals surface area contributed by atoms with Gasteiger partial charge in [-0.3, -0.25) is 4.90 Å². The zero-order chi connectivity index (χ0) is 12.8. The number of hydrogen-bond acceptors (Lipinski definition) is 3. The summed E-state index contributed by atoms with van der Waals surface area (Å²) in [6.45, 7) is 6.17. The molecule has 0 aromatic rings. The summed E-state index contributed by atoms with van der Waals surface area (Å²) in [4.78, 5) is 2.85. The van der Waals surface area contributed by atoms with Crippen LogP contribution in [0.5, 0.6) is 0 Å². The maximum absolute atomic E-state index is 3.83. The first-order valence-electron chi connectivity index (χ1n) is 7.78. The summed E-state index contributed by atoms with van der Waals surface area (Å²) in [6, 6.07) is 0.746. The van der Waals surface area contributed by atoms with Crippen LogP contribution in [0.3, 0.4) is 0 Å². The molecule has 1 aliphatic carbocycles. The molecule has 1 atom stereocenters. The summed E-state index contributed by atoms with van der Waals surface area (Å²) >= 11 is 1.99. The first-order chi connectivity index (χ1) is 8.80. The summed E-state index contributed by atoms with van der Waals surface area (Å²) in [6.07, 6.45) is 12.0. The SMILES string of the molecule is CCCC1CN(CCCSC)C2(CCCC2)CN1. The Bertz CT molecular complexity index is 239. The number of thioether (sulfide) groups is 1. The van der Waals surface area contributed by atoms with E-state index >= 15 is 0 Å². The minimum atomic E-state index is 0.530. The molecule has 2 aliphatic rings. The maximum Gasteiger partial charge on any atom is 0.0334 e. The summed E-state index contributed by atoms with van der Waals surface area (Å²) in [5.74, 6) is 1.32. The molecule has 0 radical (unpaired) electrons. The predicted molar refractivity (Wildman–Crippen MR) is 82.5 cm³/mol. The molecule has 1 spiro atoms. The van der Waals surface area contributed by atoms with Crippen LogP contribution in [0.4, 0.5) is 0 Å². The molecule has 1 aliphatic heterocycles. The number of piperazine rings is 1. The standard InChI is InChI=1S/C15H30N2S/c1-3-7-14-12-17(10-6-11-18-2)15(13-16-14)8-4-5-9-15/h14,16H,3-13H2,1-2H3. The van der Waals surface area contributed by atoms with Gasteiger partial charge in [0.05, 0.1) is 0 Å². The molecule has 1 unspecified atom stereocenters. The summed E-state index contributed by atoms with van der Waals surface area (Å²) in [5, 5.41) is 3.83. The Morgan fingerprint density at radius 2 is 2.11 bits per heavy atom. The van der Waals surface area contributed by atoms with Gasteiger partial charge in [0, 0.05) is 24.7 Å². The highest BCUT2D eigenvalue weighted by molar-refractivity contribution is 7.98. The first kappa shape index (κ1) is 14.7. The van der Waals surface area contributed by atoms with Gasteiger partial charge in [-0.25, -0.2) is 0 Å². The van der Waals surface area contributed by atoms with E-state index in [0.717, 1.165) is 6.04 Å². The van der Waals surface area contributed by atoms with Gasteiger partial charge in [0.15, 0.2) is 0 Å². The molecule has 1 N–H and O–H groups in total. The monoisotopic (exact) mass is 270 g/mol. The van der Waals surface area contributed by atoms with Gasteiger partial charge >= 0.3 is 0 Å². The molecule has 0 amide bonds. The third-order valence-corrected chi connectivity index (χ3v) is 5.48. The lowest BCUT2D eigenvalue weighted by Crippen LogP contribution is -2.63. The van der Waals surface area contributed by atoms with Gasteiger partial charge in [-0.05, 0) is 44.2 Å². The Kier molecular flexibility index (Phi) is 5.84. The molecule has 106 valence electrons. The van der Waals surface area contributed by atoms with Crippen molar-refractivity contribution in [2.75, 3.05) is 31.6 Å². The average Bonchev–Trinajstić information content (AvgIpc) is 2.84. The second-order valence-corrected chi connectivity index (χ2v) is 7.08. The topological polar surface area (TPSA) is 15.3 Å². The lowest BCUT2D eigenvalue weighted by atomic mass is 9.90.